The van der Waals surface area contributed by atoms with Crippen LogP contribution in [0.15, 0.2) is 24.3 Å². The van der Waals surface area contributed by atoms with Crippen molar-refractivity contribution in [2.45, 2.75) is 6.54 Å². The molecule has 3 nitrogen and oxygen atoms in total. The first kappa shape index (κ1) is 13.1. The van der Waals surface area contributed by atoms with Gasteiger partial charge >= 0.3 is 0 Å². The fourth-order valence-corrected chi connectivity index (χ4v) is 1.52. The van der Waals surface area contributed by atoms with E-state index in [9.17, 15) is 4.39 Å². The number of hydrogen-bond acceptors (Lipinski definition) is 3. The molecule has 0 heterocycles. The minimum Gasteiger partial charge on any atom is -0.383 e. The molecule has 16 heavy (non-hydrogen) atoms. The highest BCUT2D eigenvalue weighted by Gasteiger charge is 2.04. The lowest BCUT2D eigenvalue weighted by molar-refractivity contribution is 0.146. The first-order chi connectivity index (χ1) is 7.76. The molecule has 0 radical (unpaired) electrons. The number of hydrogen-bond donors (Lipinski definition) is 1. The van der Waals surface area contributed by atoms with Gasteiger partial charge in [-0.25, -0.2) is 4.39 Å². The highest BCUT2D eigenvalue weighted by atomic mass is 19.1. The van der Waals surface area contributed by atoms with Gasteiger partial charge in [-0.05, 0) is 17.7 Å². The van der Waals surface area contributed by atoms with Gasteiger partial charge in [0.25, 0.3) is 0 Å². The monoisotopic (exact) mass is 226 g/mol. The summed E-state index contributed by atoms with van der Waals surface area (Å²) in [6.07, 6.45) is 0. The summed E-state index contributed by atoms with van der Waals surface area (Å²) in [5.74, 6) is -0.203. The normalized spacial score (nSPS) is 11.0. The Labute approximate surface area is 96.0 Å². The van der Waals surface area contributed by atoms with Crippen LogP contribution in [0.1, 0.15) is 5.56 Å². The molecule has 0 spiro atoms. The van der Waals surface area contributed by atoms with Gasteiger partial charge in [-0.15, -0.1) is 0 Å². The van der Waals surface area contributed by atoms with Crippen LogP contribution in [-0.2, 0) is 11.3 Å². The molecule has 0 saturated heterocycles. The van der Waals surface area contributed by atoms with Crippen molar-refractivity contribution in [1.82, 2.24) is 4.90 Å². The molecule has 0 bridgehead atoms. The number of benzene rings is 1. The lowest BCUT2D eigenvalue weighted by Crippen LogP contribution is -2.31. The topological polar surface area (TPSA) is 38.5 Å². The Kier molecular flexibility index (Phi) is 6.00. The Hall–Kier alpha value is -0.970. The predicted molar refractivity (Wildman–Crippen MR) is 62.6 cm³/mol. The van der Waals surface area contributed by atoms with Crippen LogP contribution < -0.4 is 5.73 Å². The average Bonchev–Trinajstić information content (AvgIpc) is 2.29. The third-order valence-electron chi connectivity index (χ3n) is 2.38. The van der Waals surface area contributed by atoms with Crippen LogP contribution in [0.4, 0.5) is 4.39 Å². The summed E-state index contributed by atoms with van der Waals surface area (Å²) in [5.41, 5.74) is 6.63. The van der Waals surface area contributed by atoms with Gasteiger partial charge in [0, 0.05) is 33.3 Å². The van der Waals surface area contributed by atoms with Crippen molar-refractivity contribution in [2.75, 3.05) is 33.4 Å². The molecule has 2 N–H and O–H groups in total. The number of nitrogens with zero attached hydrogens (tertiary/aromatic N) is 1. The third-order valence-corrected chi connectivity index (χ3v) is 2.38. The van der Waals surface area contributed by atoms with Crippen LogP contribution >= 0.6 is 0 Å². The Bertz CT molecular complexity index is 290. The van der Waals surface area contributed by atoms with Crippen molar-refractivity contribution in [1.29, 1.82) is 0 Å². The average molecular weight is 226 g/mol. The van der Waals surface area contributed by atoms with Gasteiger partial charge in [0.2, 0.25) is 0 Å². The minimum absolute atomic E-state index is 0.203. The van der Waals surface area contributed by atoms with E-state index in [-0.39, 0.29) is 5.82 Å². The van der Waals surface area contributed by atoms with E-state index >= 15 is 0 Å². The summed E-state index contributed by atoms with van der Waals surface area (Å²) in [7, 11) is 1.68. The second-order valence-corrected chi connectivity index (χ2v) is 3.68. The smallest absolute Gasteiger partial charge is 0.123 e. The van der Waals surface area contributed by atoms with Crippen LogP contribution in [0.3, 0.4) is 0 Å². The van der Waals surface area contributed by atoms with Gasteiger partial charge in [0.1, 0.15) is 5.82 Å². The molecule has 1 rings (SSSR count). The number of nitrogens with two attached hydrogens (primary N) is 1. The molecule has 1 aromatic rings. The van der Waals surface area contributed by atoms with Crippen molar-refractivity contribution in [2.24, 2.45) is 5.73 Å². The fraction of sp³-hybridized carbons (Fsp3) is 0.500. The van der Waals surface area contributed by atoms with Crippen LogP contribution in [0.25, 0.3) is 0 Å². The maximum absolute atomic E-state index is 12.7. The number of rotatable bonds is 7. The Balaban J connectivity index is 2.49. The molecule has 0 aliphatic rings. The van der Waals surface area contributed by atoms with Crippen molar-refractivity contribution in [3.63, 3.8) is 0 Å². The van der Waals surface area contributed by atoms with Crippen molar-refractivity contribution < 1.29 is 9.13 Å². The molecule has 90 valence electrons. The van der Waals surface area contributed by atoms with E-state index in [1.165, 1.54) is 12.1 Å². The van der Waals surface area contributed by atoms with Gasteiger partial charge in [-0.2, -0.15) is 0 Å². The first-order valence-corrected chi connectivity index (χ1v) is 5.42. The first-order valence-electron chi connectivity index (χ1n) is 5.42. The van der Waals surface area contributed by atoms with Gasteiger partial charge in [0.05, 0.1) is 6.61 Å². The van der Waals surface area contributed by atoms with E-state index in [0.29, 0.717) is 13.2 Å². The molecule has 0 aliphatic heterocycles. The van der Waals surface area contributed by atoms with E-state index in [2.05, 4.69) is 4.90 Å². The van der Waals surface area contributed by atoms with E-state index in [4.69, 9.17) is 10.5 Å². The molecule has 0 unspecified atom stereocenters. The summed E-state index contributed by atoms with van der Waals surface area (Å²) >= 11 is 0. The largest absolute Gasteiger partial charge is 0.383 e. The Morgan fingerprint density at radius 1 is 1.25 bits per heavy atom. The molecule has 0 fully saturated rings. The number of methoxy groups -OCH3 is 1. The van der Waals surface area contributed by atoms with Gasteiger partial charge in [-0.3, -0.25) is 4.90 Å². The molecule has 0 saturated carbocycles. The zero-order valence-electron chi connectivity index (χ0n) is 9.66. The molecule has 1 aromatic carbocycles. The molecule has 4 heteroatoms. The highest BCUT2D eigenvalue weighted by molar-refractivity contribution is 5.15. The van der Waals surface area contributed by atoms with Crippen LogP contribution in [0, 0.1) is 5.82 Å². The zero-order chi connectivity index (χ0) is 11.8. The number of ether oxygens (including phenoxy) is 1. The van der Waals surface area contributed by atoms with E-state index in [1.807, 2.05) is 0 Å². The second-order valence-electron chi connectivity index (χ2n) is 3.68. The Morgan fingerprint density at radius 3 is 2.50 bits per heavy atom. The van der Waals surface area contributed by atoms with Crippen molar-refractivity contribution >= 4 is 0 Å². The van der Waals surface area contributed by atoms with Gasteiger partial charge in [-0.1, -0.05) is 12.1 Å². The van der Waals surface area contributed by atoms with Crippen LogP contribution in [0.2, 0.25) is 0 Å². The standard InChI is InChI=1S/C12H19FN2O/c1-16-9-8-15(7-6-14)10-11-2-4-12(13)5-3-11/h2-5H,6-10,14H2,1H3. The molecular weight excluding hydrogens is 207 g/mol. The summed E-state index contributed by atoms with van der Waals surface area (Å²) in [5, 5.41) is 0. The maximum atomic E-state index is 12.7. The van der Waals surface area contributed by atoms with Crippen molar-refractivity contribution in [3.8, 4) is 0 Å². The summed E-state index contributed by atoms with van der Waals surface area (Å²) in [4.78, 5) is 2.19. The molecule has 0 atom stereocenters. The Morgan fingerprint density at radius 2 is 1.94 bits per heavy atom. The molecule has 0 amide bonds. The molecule has 0 aliphatic carbocycles. The predicted octanol–water partition coefficient (Wildman–Crippen LogP) is 1.23. The highest BCUT2D eigenvalue weighted by Crippen LogP contribution is 2.06. The summed E-state index contributed by atoms with van der Waals surface area (Å²) < 4.78 is 17.8. The maximum Gasteiger partial charge on any atom is 0.123 e. The molecule has 0 aromatic heterocycles. The van der Waals surface area contributed by atoms with Crippen LogP contribution in [-0.4, -0.2) is 38.3 Å². The second kappa shape index (κ2) is 7.33. The fourth-order valence-electron chi connectivity index (χ4n) is 1.52. The molecular formula is C12H19FN2O. The lowest BCUT2D eigenvalue weighted by Gasteiger charge is -2.21. The third kappa shape index (κ3) is 4.70. The zero-order valence-corrected chi connectivity index (χ0v) is 9.66. The van der Waals surface area contributed by atoms with E-state index in [1.54, 1.807) is 19.2 Å². The quantitative estimate of drug-likeness (QED) is 0.760. The lowest BCUT2D eigenvalue weighted by atomic mass is 10.2. The summed E-state index contributed by atoms with van der Waals surface area (Å²) in [6.45, 7) is 3.73. The van der Waals surface area contributed by atoms with E-state index in [0.717, 1.165) is 25.2 Å². The minimum atomic E-state index is -0.203. The number of halogens is 1. The van der Waals surface area contributed by atoms with Crippen LogP contribution in [0.5, 0.6) is 0 Å². The van der Waals surface area contributed by atoms with Crippen molar-refractivity contribution in [3.05, 3.63) is 35.6 Å². The SMILES string of the molecule is COCCN(CCN)Cc1ccc(F)cc1. The van der Waals surface area contributed by atoms with Gasteiger partial charge < -0.3 is 10.5 Å². The van der Waals surface area contributed by atoms with Gasteiger partial charge in [0.15, 0.2) is 0 Å². The summed E-state index contributed by atoms with van der Waals surface area (Å²) in [6, 6.07) is 6.55. The van der Waals surface area contributed by atoms with E-state index < -0.39 is 0 Å².